The van der Waals surface area contributed by atoms with Crippen LogP contribution in [0.3, 0.4) is 0 Å². The molecule has 2 aromatic rings. The van der Waals surface area contributed by atoms with Crippen LogP contribution in [0.1, 0.15) is 53.4 Å². The monoisotopic (exact) mass is 491 g/mol. The van der Waals surface area contributed by atoms with Crippen LogP contribution in [0.4, 0.5) is 16.2 Å². The number of carbonyl (C=O) groups excluding carboxylic acids is 2. The van der Waals surface area contributed by atoms with Gasteiger partial charge < -0.3 is 25.3 Å². The van der Waals surface area contributed by atoms with E-state index in [9.17, 15) is 9.59 Å². The number of carbonyl (C=O) groups is 2. The van der Waals surface area contributed by atoms with E-state index in [0.29, 0.717) is 6.54 Å². The first-order chi connectivity index (χ1) is 14.6. The Bertz CT molecular complexity index is 1010. The van der Waals surface area contributed by atoms with Crippen LogP contribution in [0, 0.1) is 5.41 Å². The summed E-state index contributed by atoms with van der Waals surface area (Å²) >= 11 is 3.66. The summed E-state index contributed by atoms with van der Waals surface area (Å²) in [5.41, 5.74) is 1.63. The third-order valence-electron chi connectivity index (χ3n) is 5.88. The van der Waals surface area contributed by atoms with E-state index in [2.05, 4.69) is 41.4 Å². The number of nitrogens with one attached hydrogen (secondary N) is 3. The van der Waals surface area contributed by atoms with Crippen molar-refractivity contribution in [1.82, 2.24) is 15.3 Å². The summed E-state index contributed by atoms with van der Waals surface area (Å²) in [7, 11) is 0. The lowest BCUT2D eigenvalue weighted by atomic mass is 10.0. The van der Waals surface area contributed by atoms with Gasteiger partial charge in [0, 0.05) is 36.9 Å². The summed E-state index contributed by atoms with van der Waals surface area (Å²) in [5, 5.41) is 6.98. The van der Waals surface area contributed by atoms with Crippen LogP contribution in [0.25, 0.3) is 11.0 Å². The standard InChI is InChI=1S/C22H30BrN5O3/c1-21(2,3)31-20(30)26-13-6-5-9-28(12-13)17-14(23)10-24-18-16(17)15(11-25-18)27-19(29)22(4)7-8-22/h10-11,13H,5-9,12H2,1-4H3,(H,24,25)(H,26,30)(H,27,29)/t13-/m1/s1. The molecule has 2 aromatic heterocycles. The summed E-state index contributed by atoms with van der Waals surface area (Å²) in [4.78, 5) is 34.8. The molecule has 0 spiro atoms. The molecule has 1 saturated heterocycles. The average Bonchev–Trinajstić information content (AvgIpc) is 3.31. The Morgan fingerprint density at radius 3 is 2.77 bits per heavy atom. The Kier molecular flexibility index (Phi) is 5.66. The summed E-state index contributed by atoms with van der Waals surface area (Å²) < 4.78 is 6.28. The number of halogens is 1. The Morgan fingerprint density at radius 2 is 2.10 bits per heavy atom. The number of ether oxygens (including phenoxy) is 1. The maximum absolute atomic E-state index is 12.7. The fraction of sp³-hybridized carbons (Fsp3) is 0.591. The molecule has 0 unspecified atom stereocenters. The molecule has 8 nitrogen and oxygen atoms in total. The van der Waals surface area contributed by atoms with Gasteiger partial charge in [-0.15, -0.1) is 0 Å². The van der Waals surface area contributed by atoms with Crippen LogP contribution in [0.5, 0.6) is 0 Å². The third-order valence-corrected chi connectivity index (χ3v) is 6.46. The van der Waals surface area contributed by atoms with Crippen LogP contribution in [-0.2, 0) is 9.53 Å². The molecule has 2 aliphatic rings. The van der Waals surface area contributed by atoms with Crippen LogP contribution in [0.15, 0.2) is 16.9 Å². The molecule has 3 heterocycles. The zero-order valence-corrected chi connectivity index (χ0v) is 20.1. The Hall–Kier alpha value is -2.29. The predicted molar refractivity (Wildman–Crippen MR) is 124 cm³/mol. The summed E-state index contributed by atoms with van der Waals surface area (Å²) in [5.74, 6) is 0.0439. The minimum atomic E-state index is -0.533. The SMILES string of the molecule is CC(C)(C)OC(=O)N[C@@H]1CCCN(c2c(Br)cnc3[nH]cc(NC(=O)C4(C)CC4)c23)C1. The minimum absolute atomic E-state index is 0.0268. The number of fused-ring (bicyclic) bond motifs is 1. The number of hydrogen-bond donors (Lipinski definition) is 3. The van der Waals surface area contributed by atoms with Gasteiger partial charge in [0.15, 0.2) is 0 Å². The van der Waals surface area contributed by atoms with E-state index < -0.39 is 11.7 Å². The van der Waals surface area contributed by atoms with Gasteiger partial charge in [0.1, 0.15) is 11.2 Å². The van der Waals surface area contributed by atoms with Crippen LogP contribution in [-0.4, -0.2) is 46.7 Å². The predicted octanol–water partition coefficient (Wildman–Crippen LogP) is 4.56. The van der Waals surface area contributed by atoms with E-state index in [1.165, 1.54) is 0 Å². The number of anilines is 2. The van der Waals surface area contributed by atoms with E-state index in [-0.39, 0.29) is 17.4 Å². The number of piperidine rings is 1. The molecule has 1 aliphatic heterocycles. The van der Waals surface area contributed by atoms with Gasteiger partial charge in [-0.25, -0.2) is 9.78 Å². The highest BCUT2D eigenvalue weighted by Gasteiger charge is 2.45. The van der Waals surface area contributed by atoms with Crippen molar-refractivity contribution in [2.75, 3.05) is 23.3 Å². The van der Waals surface area contributed by atoms with Gasteiger partial charge in [0.25, 0.3) is 0 Å². The molecule has 168 valence electrons. The van der Waals surface area contributed by atoms with Crippen molar-refractivity contribution in [3.05, 3.63) is 16.9 Å². The molecule has 0 aromatic carbocycles. The molecular formula is C22H30BrN5O3. The number of H-pyrrole nitrogens is 1. The van der Waals surface area contributed by atoms with Crippen molar-refractivity contribution in [3.63, 3.8) is 0 Å². The molecule has 1 aliphatic carbocycles. The van der Waals surface area contributed by atoms with Gasteiger partial charge in [-0.2, -0.15) is 0 Å². The van der Waals surface area contributed by atoms with Crippen molar-refractivity contribution >= 4 is 50.3 Å². The van der Waals surface area contributed by atoms with Crippen LogP contribution in [0.2, 0.25) is 0 Å². The number of pyridine rings is 1. The average molecular weight is 492 g/mol. The second kappa shape index (κ2) is 8.00. The van der Waals surface area contributed by atoms with Crippen molar-refractivity contribution in [1.29, 1.82) is 0 Å². The van der Waals surface area contributed by atoms with Gasteiger partial charge in [-0.05, 0) is 62.4 Å². The normalized spacial score (nSPS) is 20.4. The molecule has 1 atom stereocenters. The molecule has 0 radical (unpaired) electrons. The van der Waals surface area contributed by atoms with Gasteiger partial charge in [-0.3, -0.25) is 4.79 Å². The molecule has 2 amide bonds. The highest BCUT2D eigenvalue weighted by atomic mass is 79.9. The first-order valence-electron chi connectivity index (χ1n) is 10.8. The lowest BCUT2D eigenvalue weighted by molar-refractivity contribution is -0.120. The van der Waals surface area contributed by atoms with E-state index in [1.807, 2.05) is 27.7 Å². The molecule has 0 bridgehead atoms. The van der Waals surface area contributed by atoms with E-state index in [1.54, 1.807) is 12.4 Å². The van der Waals surface area contributed by atoms with Crippen molar-refractivity contribution < 1.29 is 14.3 Å². The first kappa shape index (κ1) is 21.9. The minimum Gasteiger partial charge on any atom is -0.444 e. The molecule has 2 fully saturated rings. The van der Waals surface area contributed by atoms with Crippen molar-refractivity contribution in [2.45, 2.75) is 65.0 Å². The largest absolute Gasteiger partial charge is 0.444 e. The Balaban J connectivity index is 1.58. The number of amides is 2. The van der Waals surface area contributed by atoms with E-state index in [0.717, 1.165) is 59.1 Å². The molecule has 4 rings (SSSR count). The van der Waals surface area contributed by atoms with Gasteiger partial charge in [0.05, 0.1) is 21.2 Å². The number of hydrogen-bond acceptors (Lipinski definition) is 5. The maximum Gasteiger partial charge on any atom is 0.407 e. The van der Waals surface area contributed by atoms with Gasteiger partial charge in [0.2, 0.25) is 5.91 Å². The maximum atomic E-state index is 12.7. The Labute approximate surface area is 190 Å². The molecule has 3 N–H and O–H groups in total. The summed E-state index contributed by atoms with van der Waals surface area (Å²) in [6.07, 6.45) is 6.83. The van der Waals surface area contributed by atoms with Gasteiger partial charge >= 0.3 is 6.09 Å². The summed E-state index contributed by atoms with van der Waals surface area (Å²) in [6, 6.07) is -0.0268. The number of alkyl carbamates (subject to hydrolysis) is 1. The van der Waals surface area contributed by atoms with E-state index in [4.69, 9.17) is 4.74 Å². The smallest absolute Gasteiger partial charge is 0.407 e. The Morgan fingerprint density at radius 1 is 1.35 bits per heavy atom. The third kappa shape index (κ3) is 4.81. The quantitative estimate of drug-likeness (QED) is 0.582. The number of aromatic nitrogens is 2. The second-order valence-electron chi connectivity index (χ2n) is 9.83. The first-order valence-corrected chi connectivity index (χ1v) is 11.6. The van der Waals surface area contributed by atoms with Gasteiger partial charge in [-0.1, -0.05) is 6.92 Å². The van der Waals surface area contributed by atoms with Crippen molar-refractivity contribution in [2.24, 2.45) is 5.41 Å². The zero-order chi connectivity index (χ0) is 22.4. The zero-order valence-electron chi connectivity index (χ0n) is 18.5. The van der Waals surface area contributed by atoms with Crippen LogP contribution >= 0.6 is 15.9 Å². The van der Waals surface area contributed by atoms with Crippen LogP contribution < -0.4 is 15.5 Å². The van der Waals surface area contributed by atoms with E-state index >= 15 is 0 Å². The lowest BCUT2D eigenvalue weighted by Gasteiger charge is -2.36. The fourth-order valence-electron chi connectivity index (χ4n) is 3.92. The second-order valence-corrected chi connectivity index (χ2v) is 10.7. The van der Waals surface area contributed by atoms with Crippen molar-refractivity contribution in [3.8, 4) is 0 Å². The molecule has 31 heavy (non-hydrogen) atoms. The molecule has 9 heteroatoms. The number of rotatable bonds is 4. The molecule has 1 saturated carbocycles. The summed E-state index contributed by atoms with van der Waals surface area (Å²) in [6.45, 7) is 9.05. The lowest BCUT2D eigenvalue weighted by Crippen LogP contribution is -2.49. The highest BCUT2D eigenvalue weighted by molar-refractivity contribution is 9.10. The molecular weight excluding hydrogens is 462 g/mol. The topological polar surface area (TPSA) is 99.3 Å². The number of nitrogens with zero attached hydrogens (tertiary/aromatic N) is 2. The highest BCUT2D eigenvalue weighted by Crippen LogP contribution is 2.46. The number of aromatic amines is 1. The fourth-order valence-corrected chi connectivity index (χ4v) is 4.47.